The van der Waals surface area contributed by atoms with Gasteiger partial charge in [0.1, 0.15) is 6.61 Å². The van der Waals surface area contributed by atoms with Crippen LogP contribution in [0.15, 0.2) is 54.6 Å². The second-order valence-corrected chi connectivity index (χ2v) is 8.14. The molecule has 0 aliphatic carbocycles. The molecule has 0 saturated heterocycles. The van der Waals surface area contributed by atoms with E-state index >= 15 is 0 Å². The maximum atomic E-state index is 6.58. The Bertz CT molecular complexity index is 1050. The molecule has 0 spiro atoms. The van der Waals surface area contributed by atoms with E-state index in [0.717, 1.165) is 35.6 Å². The Morgan fingerprint density at radius 1 is 0.818 bits per heavy atom. The minimum absolute atomic E-state index is 0.435. The predicted molar refractivity (Wildman–Crippen MR) is 133 cm³/mol. The van der Waals surface area contributed by atoms with Crippen LogP contribution in [0.2, 0.25) is 5.02 Å². The van der Waals surface area contributed by atoms with Crippen molar-refractivity contribution in [3.8, 4) is 23.0 Å². The van der Waals surface area contributed by atoms with E-state index in [1.165, 1.54) is 11.1 Å². The summed E-state index contributed by atoms with van der Waals surface area (Å²) in [6.45, 7) is 6.47. The largest absolute Gasteiger partial charge is 0.493 e. The van der Waals surface area contributed by atoms with E-state index in [1.54, 1.807) is 14.2 Å². The maximum Gasteiger partial charge on any atom is 0.180 e. The molecule has 0 fully saturated rings. The summed E-state index contributed by atoms with van der Waals surface area (Å²) in [6, 6.07) is 18.1. The van der Waals surface area contributed by atoms with E-state index in [-0.39, 0.29) is 0 Å². The summed E-state index contributed by atoms with van der Waals surface area (Å²) >= 11 is 6.58. The fourth-order valence-corrected chi connectivity index (χ4v) is 3.87. The number of aryl methyl sites for hydroxylation is 1. The summed E-state index contributed by atoms with van der Waals surface area (Å²) in [5, 5.41) is 4.02. The molecule has 6 heteroatoms. The third-order valence-corrected chi connectivity index (χ3v) is 5.48. The first kappa shape index (κ1) is 24.7. The van der Waals surface area contributed by atoms with E-state index in [2.05, 4.69) is 24.4 Å². The molecule has 33 heavy (non-hydrogen) atoms. The van der Waals surface area contributed by atoms with Crippen molar-refractivity contribution < 1.29 is 18.9 Å². The van der Waals surface area contributed by atoms with Gasteiger partial charge in [-0.3, -0.25) is 0 Å². The maximum absolute atomic E-state index is 6.58. The third kappa shape index (κ3) is 7.04. The van der Waals surface area contributed by atoms with Crippen LogP contribution in [0.5, 0.6) is 23.0 Å². The average molecular weight is 470 g/mol. The summed E-state index contributed by atoms with van der Waals surface area (Å²) < 4.78 is 22.6. The molecule has 0 aromatic heterocycles. The topological polar surface area (TPSA) is 49.0 Å². The van der Waals surface area contributed by atoms with Gasteiger partial charge in [0.15, 0.2) is 23.0 Å². The third-order valence-electron chi connectivity index (χ3n) is 5.20. The number of hydrogen-bond donors (Lipinski definition) is 1. The standard InChI is InChI=1S/C27H32ClNO4/c1-5-32-26-16-22(14-23(28)27(26)33-18-21-8-6-7-19(2)13-21)17-29-12-11-20-9-10-24(30-3)25(15-20)31-4/h6-10,13-16,29H,5,11-12,17-18H2,1-4H3. The highest BCUT2D eigenvalue weighted by Crippen LogP contribution is 2.37. The fraction of sp³-hybridized carbons (Fsp3) is 0.333. The van der Waals surface area contributed by atoms with Crippen LogP contribution < -0.4 is 24.3 Å². The van der Waals surface area contributed by atoms with Gasteiger partial charge in [-0.05, 0) is 67.8 Å². The van der Waals surface area contributed by atoms with Gasteiger partial charge in [-0.15, -0.1) is 0 Å². The van der Waals surface area contributed by atoms with Crippen LogP contribution in [0.4, 0.5) is 0 Å². The van der Waals surface area contributed by atoms with Crippen LogP contribution in [0.25, 0.3) is 0 Å². The Balaban J connectivity index is 1.60. The van der Waals surface area contributed by atoms with Gasteiger partial charge in [-0.2, -0.15) is 0 Å². The zero-order chi connectivity index (χ0) is 23.6. The Hall–Kier alpha value is -2.89. The van der Waals surface area contributed by atoms with Crippen LogP contribution in [-0.4, -0.2) is 27.4 Å². The molecule has 3 aromatic rings. The molecule has 0 bridgehead atoms. The van der Waals surface area contributed by atoms with Crippen LogP contribution in [-0.2, 0) is 19.6 Å². The van der Waals surface area contributed by atoms with Crippen LogP contribution in [0.3, 0.4) is 0 Å². The molecule has 0 heterocycles. The lowest BCUT2D eigenvalue weighted by atomic mass is 10.1. The van der Waals surface area contributed by atoms with Crippen LogP contribution in [0, 0.1) is 6.92 Å². The fourth-order valence-electron chi connectivity index (χ4n) is 3.59. The van der Waals surface area contributed by atoms with Gasteiger partial charge < -0.3 is 24.3 Å². The second kappa shape index (κ2) is 12.4. The zero-order valence-electron chi connectivity index (χ0n) is 19.7. The van der Waals surface area contributed by atoms with Crippen LogP contribution in [0.1, 0.15) is 29.2 Å². The number of ether oxygens (including phenoxy) is 4. The summed E-state index contributed by atoms with van der Waals surface area (Å²) in [7, 11) is 3.29. The molecule has 0 unspecified atom stereocenters. The summed E-state index contributed by atoms with van der Waals surface area (Å²) in [6.07, 6.45) is 0.865. The van der Waals surface area contributed by atoms with Gasteiger partial charge in [0.05, 0.1) is 25.8 Å². The molecule has 0 atom stereocenters. The van der Waals surface area contributed by atoms with Crippen molar-refractivity contribution in [1.82, 2.24) is 5.32 Å². The lowest BCUT2D eigenvalue weighted by molar-refractivity contribution is 0.269. The minimum Gasteiger partial charge on any atom is -0.493 e. The molecule has 3 rings (SSSR count). The van der Waals surface area contributed by atoms with E-state index in [1.807, 2.05) is 49.4 Å². The highest BCUT2D eigenvalue weighted by atomic mass is 35.5. The number of halogens is 1. The summed E-state index contributed by atoms with van der Waals surface area (Å²) in [5.74, 6) is 2.71. The number of benzene rings is 3. The number of nitrogens with one attached hydrogen (secondary N) is 1. The number of rotatable bonds is 12. The van der Waals surface area contributed by atoms with Crippen molar-refractivity contribution in [2.75, 3.05) is 27.4 Å². The first-order chi connectivity index (χ1) is 16.0. The van der Waals surface area contributed by atoms with Crippen molar-refractivity contribution in [3.05, 3.63) is 81.9 Å². The van der Waals surface area contributed by atoms with E-state index in [9.17, 15) is 0 Å². The molecule has 176 valence electrons. The van der Waals surface area contributed by atoms with Crippen LogP contribution >= 0.6 is 11.6 Å². The number of hydrogen-bond acceptors (Lipinski definition) is 5. The van der Waals surface area contributed by atoms with Crippen molar-refractivity contribution in [3.63, 3.8) is 0 Å². The smallest absolute Gasteiger partial charge is 0.180 e. The lowest BCUT2D eigenvalue weighted by Gasteiger charge is -2.16. The van der Waals surface area contributed by atoms with E-state index < -0.39 is 0 Å². The Labute approximate surface area is 201 Å². The Morgan fingerprint density at radius 3 is 2.33 bits per heavy atom. The Kier molecular flexibility index (Phi) is 9.28. The van der Waals surface area contributed by atoms with Gasteiger partial charge in [0.2, 0.25) is 0 Å². The molecule has 0 aliphatic rings. The monoisotopic (exact) mass is 469 g/mol. The van der Waals surface area contributed by atoms with Gasteiger partial charge in [-0.25, -0.2) is 0 Å². The van der Waals surface area contributed by atoms with Crippen molar-refractivity contribution in [2.45, 2.75) is 33.4 Å². The molecule has 0 saturated carbocycles. The van der Waals surface area contributed by atoms with Gasteiger partial charge >= 0.3 is 0 Å². The van der Waals surface area contributed by atoms with Gasteiger partial charge in [-0.1, -0.05) is 47.5 Å². The summed E-state index contributed by atoms with van der Waals surface area (Å²) in [4.78, 5) is 0. The van der Waals surface area contributed by atoms with Crippen molar-refractivity contribution in [2.24, 2.45) is 0 Å². The molecule has 5 nitrogen and oxygen atoms in total. The quantitative estimate of drug-likeness (QED) is 0.331. The second-order valence-electron chi connectivity index (χ2n) is 7.73. The van der Waals surface area contributed by atoms with Gasteiger partial charge in [0.25, 0.3) is 0 Å². The molecule has 0 amide bonds. The highest BCUT2D eigenvalue weighted by Gasteiger charge is 2.13. The van der Waals surface area contributed by atoms with Crippen molar-refractivity contribution >= 4 is 11.6 Å². The SMILES string of the molecule is CCOc1cc(CNCCc2ccc(OC)c(OC)c2)cc(Cl)c1OCc1cccc(C)c1. The molecule has 3 aromatic carbocycles. The predicted octanol–water partition coefficient (Wildman–Crippen LogP) is 5.98. The molecular weight excluding hydrogens is 438 g/mol. The normalized spacial score (nSPS) is 10.7. The lowest BCUT2D eigenvalue weighted by Crippen LogP contribution is -2.17. The average Bonchev–Trinajstić information content (AvgIpc) is 2.81. The first-order valence-electron chi connectivity index (χ1n) is 11.1. The first-order valence-corrected chi connectivity index (χ1v) is 11.5. The molecule has 1 N–H and O–H groups in total. The molecular formula is C27H32ClNO4. The number of methoxy groups -OCH3 is 2. The van der Waals surface area contributed by atoms with Gasteiger partial charge in [0, 0.05) is 6.54 Å². The van der Waals surface area contributed by atoms with E-state index in [4.69, 9.17) is 30.5 Å². The van der Waals surface area contributed by atoms with Crippen molar-refractivity contribution in [1.29, 1.82) is 0 Å². The zero-order valence-corrected chi connectivity index (χ0v) is 20.5. The highest BCUT2D eigenvalue weighted by molar-refractivity contribution is 6.32. The minimum atomic E-state index is 0.435. The molecule has 0 radical (unpaired) electrons. The molecule has 0 aliphatic heterocycles. The Morgan fingerprint density at radius 2 is 1.61 bits per heavy atom. The van der Waals surface area contributed by atoms with E-state index in [0.29, 0.717) is 36.3 Å². The summed E-state index contributed by atoms with van der Waals surface area (Å²) in [5.41, 5.74) is 4.50.